The van der Waals surface area contributed by atoms with Crippen LogP contribution in [0.3, 0.4) is 0 Å². The Kier molecular flexibility index (Phi) is 1.95. The molecule has 1 aromatic heterocycles. The zero-order valence-corrected chi connectivity index (χ0v) is 5.77. The molecule has 1 heterocycles. The van der Waals surface area contributed by atoms with Gasteiger partial charge in [-0.05, 0) is 0 Å². The van der Waals surface area contributed by atoms with Crippen LogP contribution in [0.4, 0.5) is 5.82 Å². The second-order valence-corrected chi connectivity index (χ2v) is 1.71. The van der Waals surface area contributed by atoms with Gasteiger partial charge in [0.1, 0.15) is 6.33 Å². The number of nitrogens with zero attached hydrogens (tertiary/aromatic N) is 3. The van der Waals surface area contributed by atoms with Crippen LogP contribution in [-0.2, 0) is 0 Å². The Hall–Kier alpha value is -1.72. The summed E-state index contributed by atoms with van der Waals surface area (Å²) in [6, 6.07) is 0. The van der Waals surface area contributed by atoms with Crippen LogP contribution in [-0.4, -0.2) is 33.3 Å². The maximum Gasteiger partial charge on any atom is 0.358 e. The lowest BCUT2D eigenvalue weighted by molar-refractivity contribution is 0.0691. The van der Waals surface area contributed by atoms with Crippen LogP contribution >= 0.6 is 0 Å². The molecule has 0 aromatic carbocycles. The third-order valence-corrected chi connectivity index (χ3v) is 1.06. The lowest BCUT2D eigenvalue weighted by Crippen LogP contribution is -2.08. The fourth-order valence-corrected chi connectivity index (χ4v) is 0.601. The van der Waals surface area contributed by atoms with E-state index in [1.54, 1.807) is 7.05 Å². The maximum absolute atomic E-state index is 10.4. The first-order valence-electron chi connectivity index (χ1n) is 2.84. The summed E-state index contributed by atoms with van der Waals surface area (Å²) in [5.74, 6) is -0.954. The van der Waals surface area contributed by atoms with Gasteiger partial charge in [-0.3, -0.25) is 0 Å². The third kappa shape index (κ3) is 1.40. The molecule has 6 nitrogen and oxygen atoms in total. The Morgan fingerprint density at radius 2 is 2.45 bits per heavy atom. The van der Waals surface area contributed by atoms with E-state index < -0.39 is 5.97 Å². The number of hydrogen-bond acceptors (Lipinski definition) is 5. The predicted molar refractivity (Wildman–Crippen MR) is 36.3 cm³/mol. The molecule has 11 heavy (non-hydrogen) atoms. The summed E-state index contributed by atoms with van der Waals surface area (Å²) < 4.78 is 0. The number of carboxylic acid groups (broad SMARTS) is 1. The normalized spacial score (nSPS) is 9.18. The van der Waals surface area contributed by atoms with Crippen molar-refractivity contribution in [3.63, 3.8) is 0 Å². The van der Waals surface area contributed by atoms with Gasteiger partial charge in [0.15, 0.2) is 11.5 Å². The minimum absolute atomic E-state index is 0.123. The van der Waals surface area contributed by atoms with Crippen molar-refractivity contribution in [3.05, 3.63) is 12.0 Å². The molecule has 0 atom stereocenters. The van der Waals surface area contributed by atoms with E-state index in [0.717, 1.165) is 6.33 Å². The number of aromatic carboxylic acids is 1. The topological polar surface area (TPSA) is 88.0 Å². The first-order chi connectivity index (χ1) is 5.25. The van der Waals surface area contributed by atoms with Crippen LogP contribution in [0.15, 0.2) is 6.33 Å². The summed E-state index contributed by atoms with van der Waals surface area (Å²) >= 11 is 0. The average Bonchev–Trinajstić information content (AvgIpc) is 2.04. The number of aromatic nitrogens is 3. The van der Waals surface area contributed by atoms with E-state index in [2.05, 4.69) is 20.5 Å². The number of anilines is 1. The first-order valence-corrected chi connectivity index (χ1v) is 2.84. The second kappa shape index (κ2) is 2.91. The molecule has 0 fully saturated rings. The summed E-state index contributed by atoms with van der Waals surface area (Å²) in [5.41, 5.74) is -0.123. The Balaban J connectivity index is 3.12. The molecule has 0 saturated carbocycles. The van der Waals surface area contributed by atoms with Crippen LogP contribution in [0.2, 0.25) is 0 Å². The molecule has 58 valence electrons. The van der Waals surface area contributed by atoms with E-state index in [9.17, 15) is 4.79 Å². The van der Waals surface area contributed by atoms with Gasteiger partial charge in [0.25, 0.3) is 0 Å². The quantitative estimate of drug-likeness (QED) is 0.603. The average molecular weight is 154 g/mol. The third-order valence-electron chi connectivity index (χ3n) is 1.06. The van der Waals surface area contributed by atoms with E-state index in [1.165, 1.54) is 0 Å². The molecule has 0 aliphatic carbocycles. The Morgan fingerprint density at radius 1 is 1.73 bits per heavy atom. The molecule has 0 saturated heterocycles. The molecular weight excluding hydrogens is 148 g/mol. The van der Waals surface area contributed by atoms with Gasteiger partial charge in [-0.25, -0.2) is 9.78 Å². The highest BCUT2D eigenvalue weighted by Crippen LogP contribution is 2.04. The minimum Gasteiger partial charge on any atom is -0.476 e. The molecule has 0 amide bonds. The molecule has 0 aliphatic rings. The SMILES string of the molecule is CNc1nncnc1C(=O)O. The molecule has 1 aromatic rings. The van der Waals surface area contributed by atoms with Crippen LogP contribution < -0.4 is 5.32 Å². The van der Waals surface area contributed by atoms with Crippen molar-refractivity contribution in [1.82, 2.24) is 15.2 Å². The standard InChI is InChI=1S/C5H6N4O2/c1-6-4-3(5(10)11)7-2-8-9-4/h2H,1H3,(H,6,9)(H,10,11). The van der Waals surface area contributed by atoms with Crippen LogP contribution in [0, 0.1) is 0 Å². The van der Waals surface area contributed by atoms with Crippen LogP contribution in [0.25, 0.3) is 0 Å². The fourth-order valence-electron chi connectivity index (χ4n) is 0.601. The lowest BCUT2D eigenvalue weighted by atomic mass is 10.4. The van der Waals surface area contributed by atoms with Gasteiger partial charge in [-0.15, -0.1) is 10.2 Å². The molecule has 0 radical (unpaired) electrons. The highest BCUT2D eigenvalue weighted by molar-refractivity contribution is 5.90. The molecule has 0 aliphatic heterocycles. The molecule has 1 rings (SSSR count). The van der Waals surface area contributed by atoms with E-state index in [1.807, 2.05) is 0 Å². The van der Waals surface area contributed by atoms with Crippen molar-refractivity contribution in [1.29, 1.82) is 0 Å². The van der Waals surface area contributed by atoms with Crippen molar-refractivity contribution < 1.29 is 9.90 Å². The summed E-state index contributed by atoms with van der Waals surface area (Å²) in [4.78, 5) is 13.9. The van der Waals surface area contributed by atoms with Crippen LogP contribution in [0.1, 0.15) is 10.5 Å². The summed E-state index contributed by atoms with van der Waals surface area (Å²) in [5, 5.41) is 18.0. The molecular formula is C5H6N4O2. The number of rotatable bonds is 2. The predicted octanol–water partition coefficient (Wildman–Crippen LogP) is -0.389. The maximum atomic E-state index is 10.4. The Morgan fingerprint density at radius 3 is 2.91 bits per heavy atom. The van der Waals surface area contributed by atoms with Gasteiger partial charge in [0.05, 0.1) is 0 Å². The van der Waals surface area contributed by atoms with E-state index in [0.29, 0.717) is 0 Å². The molecule has 0 unspecified atom stereocenters. The Labute approximate surface area is 62.3 Å². The van der Waals surface area contributed by atoms with Crippen molar-refractivity contribution in [2.24, 2.45) is 0 Å². The highest BCUT2D eigenvalue weighted by atomic mass is 16.4. The zero-order valence-electron chi connectivity index (χ0n) is 5.77. The first kappa shape index (κ1) is 7.39. The smallest absolute Gasteiger partial charge is 0.358 e. The number of carbonyl (C=O) groups is 1. The van der Waals surface area contributed by atoms with Gasteiger partial charge in [-0.1, -0.05) is 0 Å². The van der Waals surface area contributed by atoms with Crippen molar-refractivity contribution >= 4 is 11.8 Å². The largest absolute Gasteiger partial charge is 0.476 e. The van der Waals surface area contributed by atoms with Crippen molar-refractivity contribution in [2.45, 2.75) is 0 Å². The Bertz CT molecular complexity index is 275. The minimum atomic E-state index is -1.12. The van der Waals surface area contributed by atoms with Gasteiger partial charge in [0, 0.05) is 7.05 Å². The molecule has 6 heteroatoms. The van der Waals surface area contributed by atoms with E-state index in [-0.39, 0.29) is 11.5 Å². The summed E-state index contributed by atoms with van der Waals surface area (Å²) in [6.45, 7) is 0. The highest BCUT2D eigenvalue weighted by Gasteiger charge is 2.10. The molecule has 0 spiro atoms. The monoisotopic (exact) mass is 154 g/mol. The second-order valence-electron chi connectivity index (χ2n) is 1.71. The van der Waals surface area contributed by atoms with Gasteiger partial charge < -0.3 is 10.4 Å². The van der Waals surface area contributed by atoms with E-state index >= 15 is 0 Å². The summed E-state index contributed by atoms with van der Waals surface area (Å²) in [7, 11) is 1.55. The zero-order chi connectivity index (χ0) is 8.27. The molecule has 0 bridgehead atoms. The number of carboxylic acids is 1. The van der Waals surface area contributed by atoms with Gasteiger partial charge >= 0.3 is 5.97 Å². The fraction of sp³-hybridized carbons (Fsp3) is 0.200. The summed E-state index contributed by atoms with van der Waals surface area (Å²) in [6.07, 6.45) is 1.09. The van der Waals surface area contributed by atoms with Crippen LogP contribution in [0.5, 0.6) is 0 Å². The van der Waals surface area contributed by atoms with Crippen molar-refractivity contribution in [2.75, 3.05) is 12.4 Å². The van der Waals surface area contributed by atoms with E-state index in [4.69, 9.17) is 5.11 Å². The van der Waals surface area contributed by atoms with Gasteiger partial charge in [0.2, 0.25) is 0 Å². The number of nitrogens with one attached hydrogen (secondary N) is 1. The molecule has 2 N–H and O–H groups in total. The number of hydrogen-bond donors (Lipinski definition) is 2. The van der Waals surface area contributed by atoms with Gasteiger partial charge in [-0.2, -0.15) is 0 Å². The van der Waals surface area contributed by atoms with Crippen molar-refractivity contribution in [3.8, 4) is 0 Å². The lowest BCUT2D eigenvalue weighted by Gasteiger charge is -1.98.